The molecule has 25 heavy (non-hydrogen) atoms. The Balaban J connectivity index is 2.83. The minimum atomic E-state index is -1.74. The first-order chi connectivity index (χ1) is 11.4. The Morgan fingerprint density at radius 2 is 1.68 bits per heavy atom. The summed E-state index contributed by atoms with van der Waals surface area (Å²) in [6.45, 7) is 4.69. The molecule has 1 N–H and O–H groups in total. The molecule has 0 unspecified atom stereocenters. The van der Waals surface area contributed by atoms with Crippen LogP contribution in [-0.2, 0) is 20.7 Å². The van der Waals surface area contributed by atoms with Gasteiger partial charge in [0.25, 0.3) is 0 Å². The van der Waals surface area contributed by atoms with Crippen molar-refractivity contribution in [3.05, 3.63) is 34.9 Å². The first kappa shape index (κ1) is 22.2. The zero-order valence-electron chi connectivity index (χ0n) is 13.9. The van der Waals surface area contributed by atoms with Gasteiger partial charge in [-0.3, -0.25) is 0 Å². The van der Waals surface area contributed by atoms with Crippen molar-refractivity contribution in [3.8, 4) is 0 Å². The first-order valence-corrected chi connectivity index (χ1v) is 8.84. The predicted octanol–water partition coefficient (Wildman–Crippen LogP) is 4.69. The normalized spacial score (nSPS) is 13.1. The average molecular weight is 431 g/mol. The molecule has 5 nitrogen and oxygen atoms in total. The van der Waals surface area contributed by atoms with Gasteiger partial charge in [-0.25, -0.2) is 9.59 Å². The summed E-state index contributed by atoms with van der Waals surface area (Å²) in [6.07, 6.45) is -0.591. The molecule has 0 saturated heterocycles. The van der Waals surface area contributed by atoms with Crippen LogP contribution in [0.1, 0.15) is 26.3 Å². The number of nitrogens with one attached hydrogen (secondary N) is 1. The number of hydrogen-bond donors (Lipinski definition) is 1. The summed E-state index contributed by atoms with van der Waals surface area (Å²) >= 11 is 22.6. The molecule has 9 heteroatoms. The van der Waals surface area contributed by atoms with E-state index in [1.165, 1.54) is 0 Å². The van der Waals surface area contributed by atoms with Gasteiger partial charge < -0.3 is 14.8 Å². The smallest absolute Gasteiger partial charge is 0.408 e. The van der Waals surface area contributed by atoms with E-state index in [-0.39, 0.29) is 6.42 Å². The Morgan fingerprint density at radius 3 is 2.16 bits per heavy atom. The number of alkyl carbamates (subject to hydrolysis) is 1. The van der Waals surface area contributed by atoms with E-state index in [2.05, 4.69) is 5.32 Å². The molecule has 0 spiro atoms. The maximum atomic E-state index is 12.3. The minimum absolute atomic E-state index is 0.162. The molecule has 0 saturated carbocycles. The lowest BCUT2D eigenvalue weighted by atomic mass is 10.1. The standard InChI is InChI=1S/C16H19Cl4NO4/c1-15(2,3)25-14(23)21-12(13(22)24-9-16(18,19)20)8-10-4-6-11(17)7-5-10/h4-7,12H,8-9H2,1-3H3,(H,21,23)/t12-/m0/s1. The second kappa shape index (κ2) is 9.17. The van der Waals surface area contributed by atoms with Crippen molar-refractivity contribution < 1.29 is 19.1 Å². The first-order valence-electron chi connectivity index (χ1n) is 7.33. The summed E-state index contributed by atoms with van der Waals surface area (Å²) < 4.78 is 8.38. The topological polar surface area (TPSA) is 64.6 Å². The van der Waals surface area contributed by atoms with E-state index in [9.17, 15) is 9.59 Å². The monoisotopic (exact) mass is 429 g/mol. The van der Waals surface area contributed by atoms with Crippen molar-refractivity contribution in [2.24, 2.45) is 0 Å². The lowest BCUT2D eigenvalue weighted by molar-refractivity contribution is -0.146. The summed E-state index contributed by atoms with van der Waals surface area (Å²) in [6, 6.07) is 5.80. The highest BCUT2D eigenvalue weighted by molar-refractivity contribution is 6.67. The van der Waals surface area contributed by atoms with Crippen LogP contribution in [0.5, 0.6) is 0 Å². The van der Waals surface area contributed by atoms with Crippen molar-refractivity contribution >= 4 is 58.5 Å². The highest BCUT2D eigenvalue weighted by Crippen LogP contribution is 2.26. The number of benzene rings is 1. The molecule has 0 aliphatic heterocycles. The third-order valence-corrected chi connectivity index (χ3v) is 3.29. The molecule has 1 atom stereocenters. The zero-order chi connectivity index (χ0) is 19.3. The predicted molar refractivity (Wildman–Crippen MR) is 99.6 cm³/mol. The van der Waals surface area contributed by atoms with Gasteiger partial charge in [-0.15, -0.1) is 0 Å². The van der Waals surface area contributed by atoms with Crippen LogP contribution in [0.2, 0.25) is 5.02 Å². The van der Waals surface area contributed by atoms with Crippen LogP contribution < -0.4 is 5.32 Å². The molecule has 1 rings (SSSR count). The van der Waals surface area contributed by atoms with E-state index in [1.54, 1.807) is 45.0 Å². The second-order valence-corrected chi connectivity index (χ2v) is 9.20. The van der Waals surface area contributed by atoms with Gasteiger partial charge in [-0.1, -0.05) is 58.5 Å². The molecular formula is C16H19Cl4NO4. The quantitative estimate of drug-likeness (QED) is 0.543. The van der Waals surface area contributed by atoms with Crippen LogP contribution in [0.3, 0.4) is 0 Å². The third kappa shape index (κ3) is 10.00. The average Bonchev–Trinajstić information content (AvgIpc) is 2.43. The lowest BCUT2D eigenvalue weighted by Gasteiger charge is -2.23. The summed E-state index contributed by atoms with van der Waals surface area (Å²) in [7, 11) is 0. The van der Waals surface area contributed by atoms with Crippen LogP contribution in [0.25, 0.3) is 0 Å². The molecule has 1 aromatic rings. The Labute approximate surface area is 166 Å². The molecule has 0 fully saturated rings. The molecular weight excluding hydrogens is 412 g/mol. The van der Waals surface area contributed by atoms with E-state index in [0.29, 0.717) is 5.02 Å². The van der Waals surface area contributed by atoms with Crippen molar-refractivity contribution in [1.29, 1.82) is 0 Å². The van der Waals surface area contributed by atoms with Gasteiger partial charge >= 0.3 is 12.1 Å². The van der Waals surface area contributed by atoms with Crippen LogP contribution in [-0.4, -0.2) is 34.1 Å². The summed E-state index contributed by atoms with van der Waals surface area (Å²) in [4.78, 5) is 24.2. The Morgan fingerprint density at radius 1 is 1.12 bits per heavy atom. The highest BCUT2D eigenvalue weighted by Gasteiger charge is 2.29. The van der Waals surface area contributed by atoms with Gasteiger partial charge in [-0.05, 0) is 38.5 Å². The van der Waals surface area contributed by atoms with Crippen molar-refractivity contribution in [1.82, 2.24) is 5.32 Å². The van der Waals surface area contributed by atoms with Gasteiger partial charge in [0.2, 0.25) is 3.79 Å². The largest absolute Gasteiger partial charge is 0.460 e. The van der Waals surface area contributed by atoms with Gasteiger partial charge in [0.15, 0.2) is 0 Å². The van der Waals surface area contributed by atoms with E-state index in [1.807, 2.05) is 0 Å². The number of amides is 1. The number of alkyl halides is 3. The van der Waals surface area contributed by atoms with Crippen LogP contribution in [0.4, 0.5) is 4.79 Å². The van der Waals surface area contributed by atoms with Crippen LogP contribution in [0, 0.1) is 0 Å². The number of rotatable bonds is 5. The zero-order valence-corrected chi connectivity index (χ0v) is 17.0. The molecule has 0 bridgehead atoms. The lowest BCUT2D eigenvalue weighted by Crippen LogP contribution is -2.46. The number of carbonyl (C=O) groups excluding carboxylic acids is 2. The van der Waals surface area contributed by atoms with Crippen LogP contribution in [0.15, 0.2) is 24.3 Å². The number of esters is 1. The third-order valence-electron chi connectivity index (χ3n) is 2.71. The maximum absolute atomic E-state index is 12.3. The van der Waals surface area contributed by atoms with E-state index >= 15 is 0 Å². The molecule has 0 aliphatic rings. The maximum Gasteiger partial charge on any atom is 0.408 e. The number of halogens is 4. The molecule has 0 aliphatic carbocycles. The van der Waals surface area contributed by atoms with Crippen LogP contribution >= 0.6 is 46.4 Å². The molecule has 0 radical (unpaired) electrons. The van der Waals surface area contributed by atoms with E-state index in [0.717, 1.165) is 5.56 Å². The van der Waals surface area contributed by atoms with E-state index < -0.39 is 34.1 Å². The number of carbonyl (C=O) groups is 2. The van der Waals surface area contributed by atoms with Crippen molar-refractivity contribution in [3.63, 3.8) is 0 Å². The molecule has 1 amide bonds. The molecule has 0 heterocycles. The Kier molecular flexibility index (Phi) is 8.13. The Hall–Kier alpha value is -0.880. The molecule has 1 aromatic carbocycles. The fourth-order valence-corrected chi connectivity index (χ4v) is 2.04. The second-order valence-electron chi connectivity index (χ2n) is 6.25. The minimum Gasteiger partial charge on any atom is -0.460 e. The Bertz CT molecular complexity index is 594. The van der Waals surface area contributed by atoms with Gasteiger partial charge in [0.05, 0.1) is 0 Å². The van der Waals surface area contributed by atoms with Gasteiger partial charge in [0.1, 0.15) is 18.2 Å². The van der Waals surface area contributed by atoms with Crippen molar-refractivity contribution in [2.75, 3.05) is 6.61 Å². The van der Waals surface area contributed by atoms with E-state index in [4.69, 9.17) is 55.9 Å². The number of hydrogen-bond acceptors (Lipinski definition) is 4. The fourth-order valence-electron chi connectivity index (χ4n) is 1.75. The summed E-state index contributed by atoms with van der Waals surface area (Å²) in [5.74, 6) is -0.743. The summed E-state index contributed by atoms with van der Waals surface area (Å²) in [5.41, 5.74) is 0.0485. The fraction of sp³-hybridized carbons (Fsp3) is 0.500. The molecule has 140 valence electrons. The molecule has 0 aromatic heterocycles. The highest BCUT2D eigenvalue weighted by atomic mass is 35.6. The van der Waals surface area contributed by atoms with Gasteiger partial charge in [-0.2, -0.15) is 0 Å². The van der Waals surface area contributed by atoms with Gasteiger partial charge in [0, 0.05) is 11.4 Å². The van der Waals surface area contributed by atoms with Crippen molar-refractivity contribution in [2.45, 2.75) is 42.6 Å². The SMILES string of the molecule is CC(C)(C)OC(=O)N[C@@H](Cc1ccc(Cl)cc1)C(=O)OCC(Cl)(Cl)Cl. The summed E-state index contributed by atoms with van der Waals surface area (Å²) in [5, 5.41) is 3.03. The number of ether oxygens (including phenoxy) is 2.